The third-order valence-corrected chi connectivity index (χ3v) is 3.39. The van der Waals surface area contributed by atoms with E-state index in [4.69, 9.17) is 5.11 Å². The fraction of sp³-hybridized carbons (Fsp3) is 0.900. The molecule has 0 saturated heterocycles. The summed E-state index contributed by atoms with van der Waals surface area (Å²) in [7, 11) is 0. The van der Waals surface area contributed by atoms with Crippen LogP contribution in [0.5, 0.6) is 0 Å². The van der Waals surface area contributed by atoms with Gasteiger partial charge in [0.25, 0.3) is 0 Å². The van der Waals surface area contributed by atoms with Crippen molar-refractivity contribution in [1.82, 2.24) is 5.32 Å². The number of alkyl halides is 1. The Balaban J connectivity index is 3.93. The molecule has 0 bridgehead atoms. The lowest BCUT2D eigenvalue weighted by Gasteiger charge is -2.19. The van der Waals surface area contributed by atoms with Gasteiger partial charge in [-0.15, -0.1) is 0 Å². The summed E-state index contributed by atoms with van der Waals surface area (Å²) in [5.41, 5.74) is 0. The van der Waals surface area contributed by atoms with Crippen molar-refractivity contribution in [2.45, 2.75) is 51.1 Å². The molecule has 0 aliphatic carbocycles. The zero-order chi connectivity index (χ0) is 11.3. The molecule has 0 aliphatic heterocycles. The maximum atomic E-state index is 11.5. The number of rotatable bonds is 5. The first-order valence-electron chi connectivity index (χ1n) is 4.97. The van der Waals surface area contributed by atoms with Crippen LogP contribution in [-0.2, 0) is 4.79 Å². The smallest absolute Gasteiger partial charge is 0.234 e. The predicted molar refractivity (Wildman–Crippen MR) is 61.5 cm³/mol. The molecular formula is C10H20BrNO2. The SMILES string of the molecule is CC(O)CC(C)NC(=O)C(Br)C(C)C. The molecule has 14 heavy (non-hydrogen) atoms. The number of nitrogens with one attached hydrogen (secondary N) is 1. The molecule has 3 atom stereocenters. The molecule has 0 rings (SSSR count). The highest BCUT2D eigenvalue weighted by molar-refractivity contribution is 9.10. The molecule has 0 heterocycles. The number of carbonyl (C=O) groups is 1. The number of hydrogen-bond acceptors (Lipinski definition) is 2. The first kappa shape index (κ1) is 13.9. The lowest BCUT2D eigenvalue weighted by atomic mass is 10.1. The van der Waals surface area contributed by atoms with Gasteiger partial charge in [-0.2, -0.15) is 0 Å². The third-order valence-electron chi connectivity index (χ3n) is 1.92. The van der Waals surface area contributed by atoms with Crippen molar-refractivity contribution in [2.24, 2.45) is 5.92 Å². The lowest BCUT2D eigenvalue weighted by molar-refractivity contribution is -0.121. The molecular weight excluding hydrogens is 246 g/mol. The first-order chi connectivity index (χ1) is 6.34. The molecule has 84 valence electrons. The Labute approximate surface area is 94.4 Å². The van der Waals surface area contributed by atoms with Gasteiger partial charge in [0.05, 0.1) is 10.9 Å². The van der Waals surface area contributed by atoms with Gasteiger partial charge >= 0.3 is 0 Å². The molecule has 4 heteroatoms. The summed E-state index contributed by atoms with van der Waals surface area (Å²) in [6, 6.07) is 0.0151. The van der Waals surface area contributed by atoms with Gasteiger partial charge in [0.1, 0.15) is 0 Å². The van der Waals surface area contributed by atoms with Crippen LogP contribution in [0.3, 0.4) is 0 Å². The minimum absolute atomic E-state index is 0.00634. The zero-order valence-electron chi connectivity index (χ0n) is 9.25. The molecule has 3 nitrogen and oxygen atoms in total. The van der Waals surface area contributed by atoms with Gasteiger partial charge in [-0.3, -0.25) is 4.79 Å². The molecule has 0 aromatic heterocycles. The van der Waals surface area contributed by atoms with Crippen LogP contribution >= 0.6 is 15.9 Å². The number of hydrogen-bond donors (Lipinski definition) is 2. The third kappa shape index (κ3) is 5.60. The van der Waals surface area contributed by atoms with Gasteiger partial charge in [-0.1, -0.05) is 29.8 Å². The molecule has 0 spiro atoms. The van der Waals surface area contributed by atoms with Gasteiger partial charge in [-0.05, 0) is 26.2 Å². The maximum Gasteiger partial charge on any atom is 0.234 e. The summed E-state index contributed by atoms with van der Waals surface area (Å²) in [6.45, 7) is 7.58. The summed E-state index contributed by atoms with van der Waals surface area (Å²) < 4.78 is 0. The van der Waals surface area contributed by atoms with Crippen molar-refractivity contribution >= 4 is 21.8 Å². The quantitative estimate of drug-likeness (QED) is 0.744. The van der Waals surface area contributed by atoms with Crippen LogP contribution in [0, 0.1) is 5.92 Å². The topological polar surface area (TPSA) is 49.3 Å². The standard InChI is InChI=1S/C10H20BrNO2/c1-6(2)9(11)10(14)12-7(3)5-8(4)13/h6-9,13H,5H2,1-4H3,(H,12,14). The minimum atomic E-state index is -0.377. The largest absolute Gasteiger partial charge is 0.393 e. The number of carbonyl (C=O) groups excluding carboxylic acids is 1. The summed E-state index contributed by atoms with van der Waals surface area (Å²) in [4.78, 5) is 11.4. The van der Waals surface area contributed by atoms with Crippen LogP contribution in [0.4, 0.5) is 0 Å². The van der Waals surface area contributed by atoms with Crippen molar-refractivity contribution in [2.75, 3.05) is 0 Å². The minimum Gasteiger partial charge on any atom is -0.393 e. The van der Waals surface area contributed by atoms with E-state index in [0.29, 0.717) is 6.42 Å². The molecule has 1 amide bonds. The highest BCUT2D eigenvalue weighted by Crippen LogP contribution is 2.12. The van der Waals surface area contributed by atoms with Crippen LogP contribution in [0.15, 0.2) is 0 Å². The van der Waals surface area contributed by atoms with Crippen molar-refractivity contribution in [3.05, 3.63) is 0 Å². The average Bonchev–Trinajstić information content (AvgIpc) is 2.00. The fourth-order valence-corrected chi connectivity index (χ4v) is 1.33. The van der Waals surface area contributed by atoms with E-state index < -0.39 is 0 Å². The Morgan fingerprint density at radius 1 is 1.36 bits per heavy atom. The van der Waals surface area contributed by atoms with Crippen molar-refractivity contribution in [1.29, 1.82) is 0 Å². The zero-order valence-corrected chi connectivity index (χ0v) is 10.8. The molecule has 0 aliphatic rings. The lowest BCUT2D eigenvalue weighted by Crippen LogP contribution is -2.40. The molecule has 2 N–H and O–H groups in total. The highest BCUT2D eigenvalue weighted by Gasteiger charge is 2.20. The first-order valence-corrected chi connectivity index (χ1v) is 5.88. The predicted octanol–water partition coefficient (Wildman–Crippen LogP) is 1.68. The van der Waals surface area contributed by atoms with E-state index in [9.17, 15) is 4.79 Å². The Bertz CT molecular complexity index is 183. The van der Waals surface area contributed by atoms with Gasteiger partial charge in [0.2, 0.25) is 5.91 Å². The van der Waals surface area contributed by atoms with Gasteiger partial charge in [-0.25, -0.2) is 0 Å². The molecule has 0 aromatic carbocycles. The summed E-state index contributed by atoms with van der Waals surface area (Å²) in [6.07, 6.45) is 0.210. The van der Waals surface area contributed by atoms with Crippen LogP contribution in [-0.4, -0.2) is 28.0 Å². The van der Waals surface area contributed by atoms with E-state index in [0.717, 1.165) is 0 Å². The fourth-order valence-electron chi connectivity index (χ4n) is 1.20. The van der Waals surface area contributed by atoms with E-state index in [-0.39, 0.29) is 28.8 Å². The Kier molecular flexibility index (Phi) is 6.36. The van der Waals surface area contributed by atoms with E-state index in [1.807, 2.05) is 20.8 Å². The van der Waals surface area contributed by atoms with Gasteiger partial charge in [0.15, 0.2) is 0 Å². The average molecular weight is 266 g/mol. The number of amides is 1. The number of aliphatic hydroxyl groups excluding tert-OH is 1. The van der Waals surface area contributed by atoms with Gasteiger partial charge in [0, 0.05) is 6.04 Å². The summed E-state index contributed by atoms with van der Waals surface area (Å²) >= 11 is 3.33. The van der Waals surface area contributed by atoms with E-state index in [2.05, 4.69) is 21.2 Å². The van der Waals surface area contributed by atoms with Gasteiger partial charge < -0.3 is 10.4 Å². The van der Waals surface area contributed by atoms with Crippen LogP contribution < -0.4 is 5.32 Å². The Hall–Kier alpha value is -0.0900. The number of aliphatic hydroxyl groups is 1. The molecule has 3 unspecified atom stereocenters. The van der Waals surface area contributed by atoms with E-state index >= 15 is 0 Å². The van der Waals surface area contributed by atoms with Crippen LogP contribution in [0.25, 0.3) is 0 Å². The highest BCUT2D eigenvalue weighted by atomic mass is 79.9. The summed E-state index contributed by atoms with van der Waals surface area (Å²) in [5, 5.41) is 12.0. The van der Waals surface area contributed by atoms with Crippen molar-refractivity contribution in [3.8, 4) is 0 Å². The molecule has 0 saturated carbocycles. The number of halogens is 1. The second-order valence-corrected chi connectivity index (χ2v) is 5.13. The van der Waals surface area contributed by atoms with E-state index in [1.54, 1.807) is 6.92 Å². The second-order valence-electron chi connectivity index (χ2n) is 4.14. The van der Waals surface area contributed by atoms with Crippen LogP contribution in [0.2, 0.25) is 0 Å². The van der Waals surface area contributed by atoms with Crippen molar-refractivity contribution < 1.29 is 9.90 Å². The monoisotopic (exact) mass is 265 g/mol. The Morgan fingerprint density at radius 2 is 1.86 bits per heavy atom. The van der Waals surface area contributed by atoms with Crippen molar-refractivity contribution in [3.63, 3.8) is 0 Å². The molecule has 0 radical (unpaired) electrons. The van der Waals surface area contributed by atoms with Crippen LogP contribution in [0.1, 0.15) is 34.1 Å². The summed E-state index contributed by atoms with van der Waals surface area (Å²) in [5.74, 6) is 0.266. The normalized spacial score (nSPS) is 17.6. The molecule has 0 fully saturated rings. The Morgan fingerprint density at radius 3 is 2.21 bits per heavy atom. The molecule has 0 aromatic rings. The second kappa shape index (κ2) is 6.40. The van der Waals surface area contributed by atoms with E-state index in [1.165, 1.54) is 0 Å². The maximum absolute atomic E-state index is 11.5.